The maximum absolute atomic E-state index is 13.6. The summed E-state index contributed by atoms with van der Waals surface area (Å²) in [4.78, 5) is 12.2. The van der Waals surface area contributed by atoms with Crippen LogP contribution in [0.25, 0.3) is 0 Å². The van der Waals surface area contributed by atoms with E-state index in [1.807, 2.05) is 0 Å². The largest absolute Gasteiger partial charge is 0.404 e. The lowest BCUT2D eigenvalue weighted by Crippen LogP contribution is -2.47. The lowest BCUT2D eigenvalue weighted by molar-refractivity contribution is -0.253. The molecular weight excluding hydrogens is 545 g/mol. The Morgan fingerprint density at radius 1 is 1.05 bits per heavy atom. The molecule has 1 amide bonds. The number of aryl methyl sites for hydroxylation is 1. The van der Waals surface area contributed by atoms with Crippen LogP contribution in [0.1, 0.15) is 43.7 Å². The molecule has 1 aliphatic rings. The van der Waals surface area contributed by atoms with Crippen molar-refractivity contribution in [3.05, 3.63) is 59.4 Å². The predicted octanol–water partition coefficient (Wildman–Crippen LogP) is 4.82. The number of carbonyl (C=O) groups excluding carboxylic acids is 1. The van der Waals surface area contributed by atoms with Crippen molar-refractivity contribution < 1.29 is 49.1 Å². The molecule has 2 aromatic carbocycles. The molecular formula is C24H25F7N2O4S. The zero-order valence-electron chi connectivity index (χ0n) is 20.2. The van der Waals surface area contributed by atoms with E-state index in [1.165, 1.54) is 13.8 Å². The number of rotatable bonds is 7. The molecule has 1 atom stereocenters. The van der Waals surface area contributed by atoms with Gasteiger partial charge < -0.3 is 10.4 Å². The van der Waals surface area contributed by atoms with Crippen molar-refractivity contribution in [3.8, 4) is 0 Å². The van der Waals surface area contributed by atoms with Crippen LogP contribution in [0.4, 0.5) is 36.4 Å². The Labute approximate surface area is 214 Å². The van der Waals surface area contributed by atoms with Gasteiger partial charge in [0.1, 0.15) is 5.82 Å². The zero-order valence-corrected chi connectivity index (χ0v) is 21.0. The van der Waals surface area contributed by atoms with E-state index in [9.17, 15) is 49.1 Å². The highest BCUT2D eigenvalue weighted by Gasteiger charge is 2.57. The highest BCUT2D eigenvalue weighted by molar-refractivity contribution is 7.92. The van der Waals surface area contributed by atoms with E-state index >= 15 is 0 Å². The van der Waals surface area contributed by atoms with Crippen molar-refractivity contribution in [2.75, 3.05) is 10.8 Å². The maximum Gasteiger partial charge on any atom is 0.404 e. The molecule has 0 fully saturated rings. The summed E-state index contributed by atoms with van der Waals surface area (Å²) in [5.41, 5.74) is -2.63. The predicted molar refractivity (Wildman–Crippen MR) is 123 cm³/mol. The summed E-state index contributed by atoms with van der Waals surface area (Å²) >= 11 is 0. The number of anilines is 1. The van der Waals surface area contributed by atoms with Gasteiger partial charge in [0, 0.05) is 13.0 Å². The molecule has 2 N–H and O–H groups in total. The zero-order chi connectivity index (χ0) is 28.7. The smallest absolute Gasteiger partial charge is 0.389 e. The Balaban J connectivity index is 2.08. The van der Waals surface area contributed by atoms with Crippen molar-refractivity contribution in [2.24, 2.45) is 0 Å². The van der Waals surface area contributed by atoms with Gasteiger partial charge >= 0.3 is 12.4 Å². The van der Waals surface area contributed by atoms with Crippen LogP contribution in [-0.2, 0) is 21.2 Å². The summed E-state index contributed by atoms with van der Waals surface area (Å²) in [7, 11) is -4.53. The monoisotopic (exact) mass is 570 g/mol. The quantitative estimate of drug-likeness (QED) is 0.468. The molecule has 0 bridgehead atoms. The fourth-order valence-corrected chi connectivity index (χ4v) is 5.95. The average Bonchev–Trinajstić information content (AvgIpc) is 2.75. The van der Waals surface area contributed by atoms with E-state index in [2.05, 4.69) is 5.32 Å². The second-order valence-electron chi connectivity index (χ2n) is 9.64. The number of benzene rings is 2. The van der Waals surface area contributed by atoms with Crippen molar-refractivity contribution in [1.29, 1.82) is 0 Å². The van der Waals surface area contributed by atoms with Crippen molar-refractivity contribution in [3.63, 3.8) is 0 Å². The first-order valence-corrected chi connectivity index (χ1v) is 12.8. The van der Waals surface area contributed by atoms with Crippen LogP contribution in [0.3, 0.4) is 0 Å². The molecule has 2 aromatic rings. The second-order valence-corrected chi connectivity index (χ2v) is 11.5. The third-order valence-electron chi connectivity index (χ3n) is 5.92. The minimum atomic E-state index is -5.64. The second kappa shape index (κ2) is 10.4. The average molecular weight is 571 g/mol. The van der Waals surface area contributed by atoms with Gasteiger partial charge in [0.05, 0.1) is 22.2 Å². The molecule has 6 nitrogen and oxygen atoms in total. The van der Waals surface area contributed by atoms with Crippen LogP contribution < -0.4 is 9.62 Å². The third kappa shape index (κ3) is 6.76. The van der Waals surface area contributed by atoms with E-state index in [1.54, 1.807) is 0 Å². The Morgan fingerprint density at radius 3 is 2.16 bits per heavy atom. The van der Waals surface area contributed by atoms with E-state index in [0.717, 1.165) is 34.6 Å². The molecule has 1 heterocycles. The van der Waals surface area contributed by atoms with E-state index < -0.39 is 63.6 Å². The van der Waals surface area contributed by atoms with Crippen molar-refractivity contribution >= 4 is 21.6 Å². The fourth-order valence-electron chi connectivity index (χ4n) is 4.23. The molecule has 0 aliphatic carbocycles. The molecule has 0 radical (unpaired) electrons. The minimum Gasteiger partial charge on any atom is -0.389 e. The Kier molecular flexibility index (Phi) is 8.09. The van der Waals surface area contributed by atoms with Gasteiger partial charge in [-0.15, -0.1) is 0 Å². The van der Waals surface area contributed by atoms with E-state index in [4.69, 9.17) is 0 Å². The van der Waals surface area contributed by atoms with E-state index in [-0.39, 0.29) is 35.5 Å². The molecule has 1 aliphatic heterocycles. The van der Waals surface area contributed by atoms with Gasteiger partial charge in [-0.3, -0.25) is 9.10 Å². The van der Waals surface area contributed by atoms with Crippen molar-refractivity contribution in [1.82, 2.24) is 5.32 Å². The molecule has 1 unspecified atom stereocenters. The first-order chi connectivity index (χ1) is 17.3. The number of nitrogens with zero attached hydrogens (tertiary/aromatic N) is 1. The number of alkyl halides is 6. The lowest BCUT2D eigenvalue weighted by atomic mass is 9.90. The summed E-state index contributed by atoms with van der Waals surface area (Å²) in [5.74, 6) is -5.14. The third-order valence-corrected chi connectivity index (χ3v) is 7.80. The molecule has 3 rings (SSSR count). The lowest BCUT2D eigenvalue weighted by Gasteiger charge is -2.38. The number of sulfonamides is 1. The number of carbonyl (C=O) groups is 1. The number of halogens is 7. The van der Waals surface area contributed by atoms with Gasteiger partial charge in [0.15, 0.2) is 5.92 Å². The highest BCUT2D eigenvalue weighted by atomic mass is 32.2. The topological polar surface area (TPSA) is 86.7 Å². The summed E-state index contributed by atoms with van der Waals surface area (Å²) in [6.07, 6.45) is -11.9. The normalized spacial score (nSPS) is 16.9. The van der Waals surface area contributed by atoms with Gasteiger partial charge in [-0.25, -0.2) is 12.8 Å². The molecule has 210 valence electrons. The molecule has 0 aromatic heterocycles. The van der Waals surface area contributed by atoms with Gasteiger partial charge in [-0.2, -0.15) is 26.3 Å². The number of hydrogen-bond donors (Lipinski definition) is 2. The minimum absolute atomic E-state index is 0.0835. The standard InChI is InChI=1S/C24H25F7N2O4S/c1-22(2,35)13-32-20(34)12-17-7-3-14-11-15(21(23(26,27)28)24(29,30)31)4-10-19(14)33(17)38(36,37)18-8-5-16(25)6-9-18/h4-6,8-11,17,21,35H,3,7,12-13H2,1-2H3,(H,32,34). The summed E-state index contributed by atoms with van der Waals surface area (Å²) in [5, 5.41) is 12.3. The van der Waals surface area contributed by atoms with E-state index in [0.29, 0.717) is 12.1 Å². The highest BCUT2D eigenvalue weighted by Crippen LogP contribution is 2.48. The van der Waals surface area contributed by atoms with Crippen LogP contribution in [0, 0.1) is 5.82 Å². The number of hydrogen-bond acceptors (Lipinski definition) is 4. The number of amides is 1. The first-order valence-electron chi connectivity index (χ1n) is 11.4. The number of aliphatic hydroxyl groups is 1. The molecule has 14 heteroatoms. The van der Waals surface area contributed by atoms with Crippen LogP contribution in [0.15, 0.2) is 47.4 Å². The SMILES string of the molecule is CC(C)(O)CNC(=O)CC1CCc2cc(C(C(F)(F)F)C(F)(F)F)ccc2N1S(=O)(=O)c1ccc(F)cc1. The van der Waals surface area contributed by atoms with Crippen LogP contribution >= 0.6 is 0 Å². The molecule has 0 saturated carbocycles. The maximum atomic E-state index is 13.6. The summed E-state index contributed by atoms with van der Waals surface area (Å²) in [6.45, 7) is 2.71. The molecule has 0 spiro atoms. The van der Waals surface area contributed by atoms with Crippen LogP contribution in [0.5, 0.6) is 0 Å². The van der Waals surface area contributed by atoms with Gasteiger partial charge in [-0.1, -0.05) is 12.1 Å². The fraction of sp³-hybridized carbons (Fsp3) is 0.458. The summed E-state index contributed by atoms with van der Waals surface area (Å²) < 4.78 is 121. The van der Waals surface area contributed by atoms with Gasteiger partial charge in [0.25, 0.3) is 10.0 Å². The Bertz CT molecular complexity index is 1260. The van der Waals surface area contributed by atoms with Crippen molar-refractivity contribution in [2.45, 2.75) is 67.9 Å². The summed E-state index contributed by atoms with van der Waals surface area (Å²) in [6, 6.07) is 4.71. The van der Waals surface area contributed by atoms with Crippen LogP contribution in [-0.4, -0.2) is 50.0 Å². The van der Waals surface area contributed by atoms with Gasteiger partial charge in [-0.05, 0) is 68.1 Å². The van der Waals surface area contributed by atoms with Crippen LogP contribution in [0.2, 0.25) is 0 Å². The Morgan fingerprint density at radius 2 is 1.63 bits per heavy atom. The first kappa shape index (κ1) is 29.7. The molecule has 0 saturated heterocycles. The van der Waals surface area contributed by atoms with Gasteiger partial charge in [0.2, 0.25) is 5.91 Å². The molecule has 38 heavy (non-hydrogen) atoms. The number of nitrogens with one attached hydrogen (secondary N) is 1. The number of fused-ring (bicyclic) bond motifs is 1. The Hall–Kier alpha value is -2.87.